The molecule has 1 aromatic carbocycles. The second kappa shape index (κ2) is 10.3. The molecule has 1 atom stereocenters. The van der Waals surface area contributed by atoms with Crippen molar-refractivity contribution in [2.45, 2.75) is 45.2 Å². The third kappa shape index (κ3) is 5.20. The van der Waals surface area contributed by atoms with Crippen LogP contribution < -0.4 is 15.4 Å². The minimum Gasteiger partial charge on any atom is -0.494 e. The van der Waals surface area contributed by atoms with Crippen molar-refractivity contribution in [3.8, 4) is 5.75 Å². The van der Waals surface area contributed by atoms with Crippen molar-refractivity contribution >= 4 is 18.3 Å². The zero-order chi connectivity index (χ0) is 18.4. The Kier molecular flexibility index (Phi) is 8.06. The first kappa shape index (κ1) is 21.2. The van der Waals surface area contributed by atoms with Crippen molar-refractivity contribution in [2.24, 2.45) is 0 Å². The summed E-state index contributed by atoms with van der Waals surface area (Å²) in [5, 5.41) is 14.6. The zero-order valence-corrected chi connectivity index (χ0v) is 16.7. The van der Waals surface area contributed by atoms with Crippen LogP contribution in [0.25, 0.3) is 0 Å². The van der Waals surface area contributed by atoms with E-state index in [-0.39, 0.29) is 24.4 Å². The van der Waals surface area contributed by atoms with Crippen LogP contribution in [0.15, 0.2) is 30.5 Å². The summed E-state index contributed by atoms with van der Waals surface area (Å²) in [6.07, 6.45) is 4.53. The average Bonchev–Trinajstić information content (AvgIpc) is 3.18. The molecule has 148 valence electrons. The fourth-order valence-electron chi connectivity index (χ4n) is 3.32. The van der Waals surface area contributed by atoms with Gasteiger partial charge < -0.3 is 15.4 Å². The van der Waals surface area contributed by atoms with E-state index in [0.717, 1.165) is 43.7 Å². The van der Waals surface area contributed by atoms with Gasteiger partial charge in [0, 0.05) is 5.56 Å². The van der Waals surface area contributed by atoms with Gasteiger partial charge in [0.25, 0.3) is 5.91 Å². The second-order valence-corrected chi connectivity index (χ2v) is 6.47. The Balaban J connectivity index is 0.00000261. The van der Waals surface area contributed by atoms with Crippen LogP contribution in [0.2, 0.25) is 0 Å². The van der Waals surface area contributed by atoms with Crippen molar-refractivity contribution in [1.29, 1.82) is 0 Å². The van der Waals surface area contributed by atoms with Gasteiger partial charge in [0.05, 0.1) is 24.9 Å². The van der Waals surface area contributed by atoms with E-state index < -0.39 is 0 Å². The summed E-state index contributed by atoms with van der Waals surface area (Å²) in [6.45, 7) is 6.53. The lowest BCUT2D eigenvalue weighted by atomic mass is 10.0. The van der Waals surface area contributed by atoms with Gasteiger partial charge in [0.1, 0.15) is 5.75 Å². The minimum absolute atomic E-state index is 0. The molecule has 2 aromatic rings. The number of hydrogen-bond acceptors (Lipinski definition) is 5. The summed E-state index contributed by atoms with van der Waals surface area (Å²) < 4.78 is 7.53. The molecule has 3 rings (SSSR count). The van der Waals surface area contributed by atoms with Crippen LogP contribution in [0.1, 0.15) is 61.2 Å². The van der Waals surface area contributed by atoms with Crippen LogP contribution >= 0.6 is 12.4 Å². The number of aromatic nitrogens is 3. The monoisotopic (exact) mass is 393 g/mol. The molecule has 1 unspecified atom stereocenters. The topological polar surface area (TPSA) is 81.1 Å². The average molecular weight is 394 g/mol. The van der Waals surface area contributed by atoms with Gasteiger partial charge in [-0.3, -0.25) is 4.79 Å². The van der Waals surface area contributed by atoms with E-state index in [4.69, 9.17) is 4.74 Å². The third-order valence-corrected chi connectivity index (χ3v) is 4.73. The molecule has 2 N–H and O–H groups in total. The first-order valence-corrected chi connectivity index (χ1v) is 9.38. The molecule has 1 saturated heterocycles. The zero-order valence-electron chi connectivity index (χ0n) is 15.9. The summed E-state index contributed by atoms with van der Waals surface area (Å²) in [5.74, 6) is 0.601. The van der Waals surface area contributed by atoms with Crippen LogP contribution in [0.3, 0.4) is 0 Å². The smallest absolute Gasteiger partial charge is 0.273 e. The number of piperidine rings is 1. The Hall–Kier alpha value is -2.12. The van der Waals surface area contributed by atoms with E-state index in [1.807, 2.05) is 42.8 Å². The maximum Gasteiger partial charge on any atom is 0.273 e. The SMILES string of the molecule is CCOc1ccccc1C(CC)NC(=O)c1cn(C2CCNCC2)nn1.Cl. The number of nitrogens with zero attached hydrogens (tertiary/aromatic N) is 3. The largest absolute Gasteiger partial charge is 0.494 e. The molecule has 1 fully saturated rings. The highest BCUT2D eigenvalue weighted by molar-refractivity contribution is 5.92. The molecule has 0 saturated carbocycles. The summed E-state index contributed by atoms with van der Waals surface area (Å²) in [5.41, 5.74) is 1.34. The first-order chi connectivity index (χ1) is 12.7. The van der Waals surface area contributed by atoms with Crippen molar-refractivity contribution < 1.29 is 9.53 Å². The number of carbonyl (C=O) groups is 1. The van der Waals surface area contributed by atoms with Crippen molar-refractivity contribution in [1.82, 2.24) is 25.6 Å². The Morgan fingerprint density at radius 1 is 1.33 bits per heavy atom. The Morgan fingerprint density at radius 3 is 2.78 bits per heavy atom. The number of carbonyl (C=O) groups excluding carboxylic acids is 1. The number of benzene rings is 1. The van der Waals surface area contributed by atoms with Gasteiger partial charge in [0.2, 0.25) is 0 Å². The molecule has 1 aromatic heterocycles. The first-order valence-electron chi connectivity index (χ1n) is 9.38. The number of rotatable bonds is 7. The lowest BCUT2D eigenvalue weighted by molar-refractivity contribution is 0.0930. The van der Waals surface area contributed by atoms with Crippen LogP contribution in [-0.2, 0) is 0 Å². The molecule has 1 aliphatic rings. The van der Waals surface area contributed by atoms with E-state index in [2.05, 4.69) is 20.9 Å². The Labute approximate surface area is 166 Å². The predicted molar refractivity (Wildman–Crippen MR) is 107 cm³/mol. The van der Waals surface area contributed by atoms with Crippen molar-refractivity contribution in [2.75, 3.05) is 19.7 Å². The number of hydrogen-bond donors (Lipinski definition) is 2. The number of nitrogens with one attached hydrogen (secondary N) is 2. The predicted octanol–water partition coefficient (Wildman–Crippen LogP) is 2.90. The van der Waals surface area contributed by atoms with Crippen LogP contribution in [0.4, 0.5) is 0 Å². The lowest BCUT2D eigenvalue weighted by Gasteiger charge is -2.22. The molecule has 0 radical (unpaired) electrons. The van der Waals surface area contributed by atoms with Gasteiger partial charge in [-0.15, -0.1) is 17.5 Å². The molecular weight excluding hydrogens is 366 g/mol. The molecule has 2 heterocycles. The summed E-state index contributed by atoms with van der Waals surface area (Å²) in [6, 6.07) is 8.00. The van der Waals surface area contributed by atoms with Crippen LogP contribution in [-0.4, -0.2) is 40.6 Å². The van der Waals surface area contributed by atoms with Gasteiger partial charge >= 0.3 is 0 Å². The van der Waals surface area contributed by atoms with Crippen molar-refractivity contribution in [3.05, 3.63) is 41.7 Å². The number of halogens is 1. The van der Waals surface area contributed by atoms with E-state index in [1.165, 1.54) is 0 Å². The third-order valence-electron chi connectivity index (χ3n) is 4.73. The molecule has 7 nitrogen and oxygen atoms in total. The lowest BCUT2D eigenvalue weighted by Crippen LogP contribution is -2.30. The fourth-order valence-corrected chi connectivity index (χ4v) is 3.32. The number of para-hydroxylation sites is 1. The molecule has 0 aliphatic carbocycles. The van der Waals surface area contributed by atoms with Crippen LogP contribution in [0.5, 0.6) is 5.75 Å². The fraction of sp³-hybridized carbons (Fsp3) is 0.526. The Bertz CT molecular complexity index is 730. The van der Waals surface area contributed by atoms with Crippen molar-refractivity contribution in [3.63, 3.8) is 0 Å². The highest BCUT2D eigenvalue weighted by atomic mass is 35.5. The normalized spacial score (nSPS) is 15.6. The highest BCUT2D eigenvalue weighted by Gasteiger charge is 2.22. The molecule has 0 bridgehead atoms. The summed E-state index contributed by atoms with van der Waals surface area (Å²) >= 11 is 0. The quantitative estimate of drug-likeness (QED) is 0.755. The minimum atomic E-state index is -0.205. The molecule has 27 heavy (non-hydrogen) atoms. The van der Waals surface area contributed by atoms with Gasteiger partial charge in [0.15, 0.2) is 5.69 Å². The van der Waals surface area contributed by atoms with Crippen LogP contribution in [0, 0.1) is 0 Å². The van der Waals surface area contributed by atoms with Gasteiger partial charge in [-0.2, -0.15) is 0 Å². The molecule has 1 amide bonds. The number of ether oxygens (including phenoxy) is 1. The van der Waals surface area contributed by atoms with Gasteiger partial charge in [-0.05, 0) is 45.3 Å². The maximum absolute atomic E-state index is 12.7. The van der Waals surface area contributed by atoms with E-state index in [0.29, 0.717) is 18.3 Å². The van der Waals surface area contributed by atoms with E-state index >= 15 is 0 Å². The van der Waals surface area contributed by atoms with E-state index in [9.17, 15) is 4.79 Å². The second-order valence-electron chi connectivity index (χ2n) is 6.47. The highest BCUT2D eigenvalue weighted by Crippen LogP contribution is 2.27. The molecule has 1 aliphatic heterocycles. The maximum atomic E-state index is 12.7. The molecule has 0 spiro atoms. The number of amides is 1. The molecule has 8 heteroatoms. The Morgan fingerprint density at radius 2 is 2.07 bits per heavy atom. The summed E-state index contributed by atoms with van der Waals surface area (Å²) in [4.78, 5) is 12.7. The summed E-state index contributed by atoms with van der Waals surface area (Å²) in [7, 11) is 0. The van der Waals surface area contributed by atoms with Gasteiger partial charge in [-0.25, -0.2) is 4.68 Å². The van der Waals surface area contributed by atoms with Gasteiger partial charge in [-0.1, -0.05) is 30.3 Å². The molecular formula is C19H28ClN5O2. The standard InChI is InChI=1S/C19H27N5O2.ClH/c1-3-16(15-7-5-6-8-18(15)26-4-2)21-19(25)17-13-24(23-22-17)14-9-11-20-12-10-14;/h5-8,13-14,16,20H,3-4,9-12H2,1-2H3,(H,21,25);1H. The van der Waals surface area contributed by atoms with E-state index in [1.54, 1.807) is 6.20 Å².